The number of hydrogen-bond donors (Lipinski definition) is 0. The van der Waals surface area contributed by atoms with Crippen molar-refractivity contribution in [1.82, 2.24) is 0 Å². The molecule has 0 amide bonds. The van der Waals surface area contributed by atoms with Crippen LogP contribution in [0, 0.1) is 18.4 Å². The van der Waals surface area contributed by atoms with Gasteiger partial charge in [0.2, 0.25) is 0 Å². The van der Waals surface area contributed by atoms with Crippen LogP contribution in [0.4, 0.5) is 0 Å². The molecule has 2 heteroatoms. The molecule has 1 radical (unpaired) electrons. The number of hydrogen-bond acceptors (Lipinski definition) is 1. The van der Waals surface area contributed by atoms with Crippen molar-refractivity contribution in [2.24, 2.45) is 11.8 Å². The Morgan fingerprint density at radius 1 is 0.960 bits per heavy atom. The molecular weight excluding hydrogens is 323 g/mol. The lowest BCUT2D eigenvalue weighted by Crippen LogP contribution is -2.16. The minimum Gasteiger partial charge on any atom is -0.339 e. The number of rotatable bonds is 5. The maximum Gasteiger partial charge on any atom is 0.111 e. The summed E-state index contributed by atoms with van der Waals surface area (Å²) in [6, 6.07) is 20.9. The molecule has 0 aliphatic heterocycles. The van der Waals surface area contributed by atoms with E-state index in [4.69, 9.17) is 4.52 Å². The average molecular weight is 349 g/mol. The van der Waals surface area contributed by atoms with Crippen molar-refractivity contribution in [2.45, 2.75) is 26.7 Å². The summed E-state index contributed by atoms with van der Waals surface area (Å²) in [5, 5.41) is 2.45. The Balaban J connectivity index is 1.75. The van der Waals surface area contributed by atoms with Crippen molar-refractivity contribution < 1.29 is 4.52 Å². The third kappa shape index (κ3) is 4.69. The van der Waals surface area contributed by atoms with E-state index in [1.165, 1.54) is 28.2 Å². The van der Waals surface area contributed by atoms with Crippen LogP contribution in [0.2, 0.25) is 0 Å². The van der Waals surface area contributed by atoms with Crippen molar-refractivity contribution >= 4 is 18.8 Å². The van der Waals surface area contributed by atoms with Gasteiger partial charge in [-0.15, -0.1) is 0 Å². The third-order valence-corrected chi connectivity index (χ3v) is 6.62. The Morgan fingerprint density at radius 2 is 1.52 bits per heavy atom. The lowest BCUT2D eigenvalue weighted by molar-refractivity contribution is 0.415. The van der Waals surface area contributed by atoms with E-state index in [0.29, 0.717) is 11.8 Å². The van der Waals surface area contributed by atoms with E-state index >= 15 is 0 Å². The minimum absolute atomic E-state index is 0.563. The molecule has 0 bridgehead atoms. The average Bonchev–Trinajstić information content (AvgIpc) is 2.64. The van der Waals surface area contributed by atoms with E-state index in [-0.39, 0.29) is 0 Å². The molecule has 3 rings (SSSR count). The van der Waals surface area contributed by atoms with Crippen molar-refractivity contribution in [1.29, 1.82) is 0 Å². The molecule has 0 spiro atoms. The topological polar surface area (TPSA) is 9.23 Å². The molecule has 2 aromatic carbocycles. The largest absolute Gasteiger partial charge is 0.339 e. The van der Waals surface area contributed by atoms with Gasteiger partial charge in [0.15, 0.2) is 0 Å². The first-order valence-corrected chi connectivity index (χ1v) is 10.2. The van der Waals surface area contributed by atoms with Gasteiger partial charge in [-0.2, -0.15) is 0 Å². The van der Waals surface area contributed by atoms with Crippen LogP contribution >= 0.6 is 8.15 Å². The van der Waals surface area contributed by atoms with Gasteiger partial charge in [0.05, 0.1) is 8.15 Å². The second-order valence-electron chi connectivity index (χ2n) is 6.87. The first kappa shape index (κ1) is 18.1. The van der Waals surface area contributed by atoms with Gasteiger partial charge < -0.3 is 4.52 Å². The fourth-order valence-electron chi connectivity index (χ4n) is 3.40. The summed E-state index contributed by atoms with van der Waals surface area (Å²) >= 11 is 0. The van der Waals surface area contributed by atoms with Gasteiger partial charge in [-0.05, 0) is 41.9 Å². The van der Waals surface area contributed by atoms with E-state index in [2.05, 4.69) is 75.0 Å². The zero-order valence-corrected chi connectivity index (χ0v) is 16.0. The van der Waals surface area contributed by atoms with Crippen molar-refractivity contribution in [3.63, 3.8) is 0 Å². The molecule has 0 heterocycles. The summed E-state index contributed by atoms with van der Waals surface area (Å²) in [5.74, 6) is 1.28. The van der Waals surface area contributed by atoms with Gasteiger partial charge in [-0.1, -0.05) is 81.1 Å². The summed E-state index contributed by atoms with van der Waals surface area (Å²) in [6.07, 6.45) is 4.46. The van der Waals surface area contributed by atoms with E-state index in [0.717, 1.165) is 6.42 Å². The van der Waals surface area contributed by atoms with Gasteiger partial charge in [0, 0.05) is 10.6 Å². The second kappa shape index (κ2) is 8.61. The number of benzene rings is 2. The van der Waals surface area contributed by atoms with Gasteiger partial charge in [-0.25, -0.2) is 0 Å². The normalized spacial score (nSPS) is 22.5. The highest BCUT2D eigenvalue weighted by molar-refractivity contribution is 7.68. The lowest BCUT2D eigenvalue weighted by atomic mass is 9.77. The zero-order chi connectivity index (χ0) is 17.6. The Kier molecular flexibility index (Phi) is 6.24. The van der Waals surface area contributed by atoms with Gasteiger partial charge in [0.1, 0.15) is 6.61 Å². The summed E-state index contributed by atoms with van der Waals surface area (Å²) < 4.78 is 6.26. The molecule has 1 aliphatic carbocycles. The summed E-state index contributed by atoms with van der Waals surface area (Å²) in [6.45, 7) is 10.8. The van der Waals surface area contributed by atoms with Crippen LogP contribution in [0.5, 0.6) is 0 Å². The van der Waals surface area contributed by atoms with Gasteiger partial charge in [-0.3, -0.25) is 0 Å². The Bertz CT molecular complexity index is 681. The first-order valence-electron chi connectivity index (χ1n) is 8.93. The summed E-state index contributed by atoms with van der Waals surface area (Å²) in [5.41, 5.74) is 2.60. The highest BCUT2D eigenvalue weighted by Gasteiger charge is 2.22. The molecule has 0 aromatic heterocycles. The maximum absolute atomic E-state index is 6.26. The third-order valence-electron chi connectivity index (χ3n) is 4.75. The monoisotopic (exact) mass is 349 g/mol. The smallest absolute Gasteiger partial charge is 0.111 e. The first-order chi connectivity index (χ1) is 12.1. The van der Waals surface area contributed by atoms with Crippen LogP contribution in [0.3, 0.4) is 0 Å². The molecule has 129 valence electrons. The van der Waals surface area contributed by atoms with Crippen molar-refractivity contribution in [3.05, 3.63) is 91.1 Å². The lowest BCUT2D eigenvalue weighted by Gasteiger charge is -2.29. The van der Waals surface area contributed by atoms with Gasteiger partial charge >= 0.3 is 0 Å². The second-order valence-corrected chi connectivity index (χ2v) is 8.70. The van der Waals surface area contributed by atoms with E-state index in [9.17, 15) is 0 Å². The molecular formula is C23H26OP. The minimum atomic E-state index is -0.844. The SMILES string of the molecule is C=C1/C(=C\[CH]OP(c2ccccc2)c2ccccc2)C[C@@H](C)C[C@@H]1C. The molecule has 2 aromatic rings. The molecule has 0 saturated heterocycles. The Morgan fingerprint density at radius 3 is 2.08 bits per heavy atom. The van der Waals surface area contributed by atoms with Crippen molar-refractivity contribution in [2.75, 3.05) is 0 Å². The molecule has 0 unspecified atom stereocenters. The van der Waals surface area contributed by atoms with Crippen LogP contribution in [0.25, 0.3) is 0 Å². The quantitative estimate of drug-likeness (QED) is 0.624. The van der Waals surface area contributed by atoms with Crippen LogP contribution < -0.4 is 10.6 Å². The highest BCUT2D eigenvalue weighted by Crippen LogP contribution is 2.39. The number of allylic oxidation sites excluding steroid dienone is 2. The van der Waals surface area contributed by atoms with E-state index in [1.54, 1.807) is 0 Å². The fraction of sp³-hybridized carbons (Fsp3) is 0.261. The molecule has 0 N–H and O–H groups in total. The predicted molar refractivity (Wildman–Crippen MR) is 109 cm³/mol. The van der Waals surface area contributed by atoms with E-state index < -0.39 is 8.15 Å². The highest BCUT2D eigenvalue weighted by atomic mass is 31.1. The molecule has 1 fully saturated rings. The zero-order valence-electron chi connectivity index (χ0n) is 15.1. The van der Waals surface area contributed by atoms with Crippen LogP contribution in [0.1, 0.15) is 26.7 Å². The standard InChI is InChI=1S/C23H26OP/c1-18-16-19(2)20(3)21(17-18)14-15-24-25(22-10-6-4-7-11-22)23-12-8-5-9-13-23/h4-15,18-19H,3,16-17H2,1-2H3/b21-14-/t18-,19-/m0/s1. The summed E-state index contributed by atoms with van der Waals surface area (Å²) in [4.78, 5) is 0. The molecule has 1 aliphatic rings. The maximum atomic E-state index is 6.26. The summed E-state index contributed by atoms with van der Waals surface area (Å²) in [7, 11) is -0.844. The van der Waals surface area contributed by atoms with Crippen molar-refractivity contribution in [3.8, 4) is 0 Å². The molecule has 25 heavy (non-hydrogen) atoms. The fourth-order valence-corrected chi connectivity index (χ4v) is 5.01. The van der Waals surface area contributed by atoms with Crippen LogP contribution in [-0.4, -0.2) is 0 Å². The Labute approximate surface area is 153 Å². The Hall–Kier alpha value is -1.69. The molecule has 2 atom stereocenters. The van der Waals surface area contributed by atoms with Crippen LogP contribution in [-0.2, 0) is 4.52 Å². The molecule has 1 saturated carbocycles. The molecule has 1 nitrogen and oxygen atoms in total. The van der Waals surface area contributed by atoms with E-state index in [1.807, 2.05) is 18.7 Å². The predicted octanol–water partition coefficient (Wildman–Crippen LogP) is 5.76. The van der Waals surface area contributed by atoms with Gasteiger partial charge in [0.25, 0.3) is 0 Å². The van der Waals surface area contributed by atoms with Crippen LogP contribution in [0.15, 0.2) is 84.5 Å².